The van der Waals surface area contributed by atoms with Crippen LogP contribution in [-0.4, -0.2) is 21.2 Å². The molecule has 1 heterocycles. The zero-order chi connectivity index (χ0) is 13.8. The molecule has 0 aliphatic carbocycles. The van der Waals surface area contributed by atoms with Crippen LogP contribution in [0.5, 0.6) is 0 Å². The van der Waals surface area contributed by atoms with Crippen LogP contribution in [-0.2, 0) is 5.60 Å². The molecule has 2 aromatic carbocycles. The van der Waals surface area contributed by atoms with Crippen molar-refractivity contribution < 1.29 is 5.11 Å². The van der Waals surface area contributed by atoms with E-state index in [1.54, 1.807) is 0 Å². The molecule has 3 rings (SSSR count). The van der Waals surface area contributed by atoms with Crippen molar-refractivity contribution in [1.29, 1.82) is 0 Å². The Labute approximate surface area is 128 Å². The van der Waals surface area contributed by atoms with E-state index in [1.165, 1.54) is 6.42 Å². The van der Waals surface area contributed by atoms with Crippen LogP contribution in [0, 0.1) is 0 Å². The van der Waals surface area contributed by atoms with Gasteiger partial charge in [0, 0.05) is 0 Å². The highest BCUT2D eigenvalue weighted by molar-refractivity contribution is 8.17. The largest absolute Gasteiger partial charge is 0.378 e. The van der Waals surface area contributed by atoms with Crippen LogP contribution in [0.4, 0.5) is 0 Å². The van der Waals surface area contributed by atoms with Gasteiger partial charge in [-0.05, 0) is 29.1 Å². The van der Waals surface area contributed by atoms with Crippen molar-refractivity contribution >= 4 is 23.5 Å². The molecule has 1 nitrogen and oxygen atoms in total. The number of rotatable bonds is 3. The van der Waals surface area contributed by atoms with Crippen LogP contribution in [0.25, 0.3) is 0 Å². The molecule has 0 bridgehead atoms. The van der Waals surface area contributed by atoms with Crippen LogP contribution in [0.3, 0.4) is 0 Å². The topological polar surface area (TPSA) is 20.2 Å². The first kappa shape index (κ1) is 14.1. The summed E-state index contributed by atoms with van der Waals surface area (Å²) < 4.78 is 0.154. The highest BCUT2D eigenvalue weighted by Crippen LogP contribution is 2.46. The van der Waals surface area contributed by atoms with E-state index in [-0.39, 0.29) is 4.58 Å². The fourth-order valence-electron chi connectivity index (χ4n) is 2.55. The van der Waals surface area contributed by atoms with E-state index < -0.39 is 5.60 Å². The lowest BCUT2D eigenvalue weighted by molar-refractivity contribution is 0.0990. The fourth-order valence-corrected chi connectivity index (χ4v) is 5.77. The lowest BCUT2D eigenvalue weighted by atomic mass is 9.88. The molecule has 0 aromatic heterocycles. The molecule has 2 aromatic rings. The molecular formula is C17H18OS2. The molecule has 0 spiro atoms. The van der Waals surface area contributed by atoms with Gasteiger partial charge in [0.05, 0.1) is 4.58 Å². The Kier molecular flexibility index (Phi) is 4.39. The van der Waals surface area contributed by atoms with E-state index >= 15 is 0 Å². The van der Waals surface area contributed by atoms with Gasteiger partial charge in [-0.15, -0.1) is 23.5 Å². The molecule has 0 unspecified atom stereocenters. The van der Waals surface area contributed by atoms with Crippen LogP contribution in [0.15, 0.2) is 60.7 Å². The maximum Gasteiger partial charge on any atom is 0.135 e. The van der Waals surface area contributed by atoms with Gasteiger partial charge in [0.25, 0.3) is 0 Å². The molecule has 0 radical (unpaired) electrons. The van der Waals surface area contributed by atoms with Gasteiger partial charge in [-0.2, -0.15) is 0 Å². The molecule has 1 aliphatic heterocycles. The van der Waals surface area contributed by atoms with Crippen molar-refractivity contribution in [3.05, 3.63) is 71.8 Å². The number of aliphatic hydroxyl groups is 1. The van der Waals surface area contributed by atoms with E-state index in [2.05, 4.69) is 0 Å². The molecule has 0 amide bonds. The number of thioether (sulfide) groups is 2. The predicted molar refractivity (Wildman–Crippen MR) is 89.2 cm³/mol. The SMILES string of the molecule is OC(c1ccccc1)(c1ccccc1)C1SCCCS1. The van der Waals surface area contributed by atoms with Gasteiger partial charge in [-0.25, -0.2) is 0 Å². The maximum atomic E-state index is 11.5. The van der Waals surface area contributed by atoms with Crippen molar-refractivity contribution in [2.24, 2.45) is 0 Å². The third-order valence-electron chi connectivity index (χ3n) is 3.60. The molecule has 0 saturated carbocycles. The number of hydrogen-bond acceptors (Lipinski definition) is 3. The molecular weight excluding hydrogens is 284 g/mol. The van der Waals surface area contributed by atoms with Gasteiger partial charge in [-0.1, -0.05) is 60.7 Å². The molecule has 20 heavy (non-hydrogen) atoms. The third-order valence-corrected chi connectivity index (χ3v) is 6.75. The second kappa shape index (κ2) is 6.25. The molecule has 1 N–H and O–H groups in total. The van der Waals surface area contributed by atoms with Crippen molar-refractivity contribution in [2.45, 2.75) is 16.6 Å². The minimum absolute atomic E-state index is 0.154. The Balaban J connectivity index is 2.07. The lowest BCUT2D eigenvalue weighted by Gasteiger charge is -2.38. The quantitative estimate of drug-likeness (QED) is 0.921. The standard InChI is InChI=1S/C17H18OS2/c18-17(14-8-3-1-4-9-14,15-10-5-2-6-11-15)16-19-12-7-13-20-16/h1-6,8-11,16,18H,7,12-13H2. The zero-order valence-corrected chi connectivity index (χ0v) is 12.9. The highest BCUT2D eigenvalue weighted by atomic mass is 32.2. The molecule has 3 heteroatoms. The minimum atomic E-state index is -0.918. The van der Waals surface area contributed by atoms with Crippen molar-refractivity contribution in [1.82, 2.24) is 0 Å². The summed E-state index contributed by atoms with van der Waals surface area (Å²) >= 11 is 3.75. The molecule has 1 saturated heterocycles. The Hall–Kier alpha value is -0.900. The Morgan fingerprint density at radius 3 is 1.70 bits per heavy atom. The summed E-state index contributed by atoms with van der Waals surface area (Å²) in [7, 11) is 0. The van der Waals surface area contributed by atoms with Gasteiger partial charge in [-0.3, -0.25) is 0 Å². The fraction of sp³-hybridized carbons (Fsp3) is 0.294. The van der Waals surface area contributed by atoms with Gasteiger partial charge in [0.15, 0.2) is 0 Å². The summed E-state index contributed by atoms with van der Waals surface area (Å²) in [5.41, 5.74) is 1.05. The average Bonchev–Trinajstić information content (AvgIpc) is 2.56. The molecule has 0 atom stereocenters. The maximum absolute atomic E-state index is 11.5. The summed E-state index contributed by atoms with van der Waals surface area (Å²) in [6.45, 7) is 0. The van der Waals surface area contributed by atoms with Crippen LogP contribution >= 0.6 is 23.5 Å². The highest BCUT2D eigenvalue weighted by Gasteiger charge is 2.41. The van der Waals surface area contributed by atoms with Gasteiger partial charge < -0.3 is 5.11 Å². The van der Waals surface area contributed by atoms with Crippen molar-refractivity contribution in [2.75, 3.05) is 11.5 Å². The van der Waals surface area contributed by atoms with E-state index in [4.69, 9.17) is 0 Å². The lowest BCUT2D eigenvalue weighted by Crippen LogP contribution is -2.38. The third kappa shape index (κ3) is 2.62. The summed E-state index contributed by atoms with van der Waals surface area (Å²) in [5.74, 6) is 2.25. The van der Waals surface area contributed by atoms with Crippen molar-refractivity contribution in [3.8, 4) is 0 Å². The first-order valence-corrected chi connectivity index (χ1v) is 8.98. The zero-order valence-electron chi connectivity index (χ0n) is 11.2. The van der Waals surface area contributed by atoms with Gasteiger partial charge in [0.2, 0.25) is 0 Å². The summed E-state index contributed by atoms with van der Waals surface area (Å²) in [5, 5.41) is 11.5. The van der Waals surface area contributed by atoms with E-state index in [1.807, 2.05) is 84.2 Å². The second-order valence-electron chi connectivity index (χ2n) is 4.93. The van der Waals surface area contributed by atoms with Gasteiger partial charge in [0.1, 0.15) is 5.60 Å². The molecule has 1 aliphatic rings. The monoisotopic (exact) mass is 302 g/mol. The van der Waals surface area contributed by atoms with E-state index in [9.17, 15) is 5.11 Å². The van der Waals surface area contributed by atoms with Crippen molar-refractivity contribution in [3.63, 3.8) is 0 Å². The Bertz CT molecular complexity index is 496. The number of hydrogen-bond donors (Lipinski definition) is 1. The number of benzene rings is 2. The molecule has 104 valence electrons. The van der Waals surface area contributed by atoms with E-state index in [0.717, 1.165) is 22.6 Å². The average molecular weight is 302 g/mol. The van der Waals surface area contributed by atoms with E-state index in [0.29, 0.717) is 0 Å². The Morgan fingerprint density at radius 1 is 0.800 bits per heavy atom. The molecule has 1 fully saturated rings. The summed E-state index contributed by atoms with van der Waals surface area (Å²) in [6.07, 6.45) is 1.23. The van der Waals surface area contributed by atoms with Crippen LogP contribution < -0.4 is 0 Å². The Morgan fingerprint density at radius 2 is 1.25 bits per heavy atom. The summed E-state index contributed by atoms with van der Waals surface area (Å²) in [6, 6.07) is 20.1. The minimum Gasteiger partial charge on any atom is -0.378 e. The first-order valence-electron chi connectivity index (χ1n) is 6.88. The second-order valence-corrected chi connectivity index (χ2v) is 7.65. The summed E-state index contributed by atoms with van der Waals surface area (Å²) in [4.78, 5) is 0. The first-order chi connectivity index (χ1) is 9.82. The van der Waals surface area contributed by atoms with Gasteiger partial charge >= 0.3 is 0 Å². The van der Waals surface area contributed by atoms with Crippen LogP contribution in [0.2, 0.25) is 0 Å². The van der Waals surface area contributed by atoms with Crippen LogP contribution in [0.1, 0.15) is 17.5 Å². The smallest absolute Gasteiger partial charge is 0.135 e. The predicted octanol–water partition coefficient (Wildman–Crippen LogP) is 4.12. The normalized spacial score (nSPS) is 17.1.